The smallest absolute Gasteiger partial charge is 0.224 e. The highest BCUT2D eigenvalue weighted by molar-refractivity contribution is 6.31. The van der Waals surface area contributed by atoms with Crippen molar-refractivity contribution in [2.24, 2.45) is 0 Å². The summed E-state index contributed by atoms with van der Waals surface area (Å²) in [6, 6.07) is 11.1. The number of aryl methyl sites for hydroxylation is 1. The van der Waals surface area contributed by atoms with Crippen molar-refractivity contribution in [1.29, 1.82) is 0 Å². The van der Waals surface area contributed by atoms with Gasteiger partial charge in [0.2, 0.25) is 5.91 Å². The van der Waals surface area contributed by atoms with Crippen molar-refractivity contribution >= 4 is 23.2 Å². The SMILES string of the molecule is COc1ccc(Cl)cc1NC(=O)CCCOc1cccc(C)c1C. The first-order chi connectivity index (χ1) is 11.5. The van der Waals surface area contributed by atoms with Gasteiger partial charge >= 0.3 is 0 Å². The van der Waals surface area contributed by atoms with Gasteiger partial charge in [0, 0.05) is 11.4 Å². The van der Waals surface area contributed by atoms with Crippen LogP contribution in [0.5, 0.6) is 11.5 Å². The highest BCUT2D eigenvalue weighted by Crippen LogP contribution is 2.27. The molecule has 0 aliphatic heterocycles. The van der Waals surface area contributed by atoms with E-state index < -0.39 is 0 Å². The van der Waals surface area contributed by atoms with Gasteiger partial charge in [-0.2, -0.15) is 0 Å². The molecule has 0 saturated heterocycles. The molecule has 128 valence electrons. The van der Waals surface area contributed by atoms with Crippen molar-refractivity contribution in [3.05, 3.63) is 52.5 Å². The predicted octanol–water partition coefficient (Wildman–Crippen LogP) is 4.76. The minimum absolute atomic E-state index is 0.0971. The summed E-state index contributed by atoms with van der Waals surface area (Å²) in [6.45, 7) is 4.57. The molecule has 0 bridgehead atoms. The van der Waals surface area contributed by atoms with E-state index >= 15 is 0 Å². The maximum absolute atomic E-state index is 12.1. The van der Waals surface area contributed by atoms with Crippen LogP contribution in [0.1, 0.15) is 24.0 Å². The Morgan fingerprint density at radius 1 is 1.17 bits per heavy atom. The molecule has 24 heavy (non-hydrogen) atoms. The number of carbonyl (C=O) groups excluding carboxylic acids is 1. The van der Waals surface area contributed by atoms with Crippen molar-refractivity contribution in [3.63, 3.8) is 0 Å². The quantitative estimate of drug-likeness (QED) is 0.734. The molecule has 5 heteroatoms. The van der Waals surface area contributed by atoms with Crippen LogP contribution in [0, 0.1) is 13.8 Å². The van der Waals surface area contributed by atoms with Crippen LogP contribution in [0.25, 0.3) is 0 Å². The average Bonchev–Trinajstić information content (AvgIpc) is 2.55. The number of hydrogen-bond acceptors (Lipinski definition) is 3. The predicted molar refractivity (Wildman–Crippen MR) is 97.3 cm³/mol. The van der Waals surface area contributed by atoms with Crippen LogP contribution in [0.3, 0.4) is 0 Å². The second-order valence-corrected chi connectivity index (χ2v) is 5.98. The van der Waals surface area contributed by atoms with Gasteiger partial charge in [-0.25, -0.2) is 0 Å². The standard InChI is InChI=1S/C19H22ClNO3/c1-13-6-4-7-17(14(13)2)24-11-5-8-19(22)21-16-12-15(20)9-10-18(16)23-3/h4,6-7,9-10,12H,5,8,11H2,1-3H3,(H,21,22). The molecule has 0 aliphatic carbocycles. The number of halogens is 1. The van der Waals surface area contributed by atoms with Gasteiger partial charge in [-0.15, -0.1) is 0 Å². The van der Waals surface area contributed by atoms with Crippen molar-refractivity contribution in [2.75, 3.05) is 19.0 Å². The molecule has 0 fully saturated rings. The topological polar surface area (TPSA) is 47.6 Å². The van der Waals surface area contributed by atoms with Crippen molar-refractivity contribution < 1.29 is 14.3 Å². The van der Waals surface area contributed by atoms with Crippen LogP contribution in [0.4, 0.5) is 5.69 Å². The molecule has 1 amide bonds. The molecule has 0 heterocycles. The highest BCUT2D eigenvalue weighted by Gasteiger charge is 2.09. The number of benzene rings is 2. The maximum Gasteiger partial charge on any atom is 0.224 e. The van der Waals surface area contributed by atoms with E-state index in [1.807, 2.05) is 32.0 Å². The Morgan fingerprint density at radius 2 is 1.96 bits per heavy atom. The molecule has 2 aromatic carbocycles. The fourth-order valence-electron chi connectivity index (χ4n) is 2.29. The van der Waals surface area contributed by atoms with Gasteiger partial charge in [0.05, 0.1) is 19.4 Å². The summed E-state index contributed by atoms with van der Waals surface area (Å²) >= 11 is 5.95. The van der Waals surface area contributed by atoms with Gasteiger partial charge in [-0.1, -0.05) is 23.7 Å². The number of hydrogen-bond donors (Lipinski definition) is 1. The molecule has 2 rings (SSSR count). The lowest BCUT2D eigenvalue weighted by atomic mass is 10.1. The summed E-state index contributed by atoms with van der Waals surface area (Å²) < 4.78 is 11.0. The second kappa shape index (κ2) is 8.60. The molecule has 2 aromatic rings. The van der Waals surface area contributed by atoms with E-state index in [1.165, 1.54) is 5.56 Å². The Hall–Kier alpha value is -2.20. The molecule has 1 N–H and O–H groups in total. The van der Waals surface area contributed by atoms with Crippen LogP contribution in [0.15, 0.2) is 36.4 Å². The number of nitrogens with one attached hydrogen (secondary N) is 1. The van der Waals surface area contributed by atoms with Crippen LogP contribution in [0.2, 0.25) is 5.02 Å². The first-order valence-electron chi connectivity index (χ1n) is 7.83. The molecule has 0 saturated carbocycles. The summed E-state index contributed by atoms with van der Waals surface area (Å²) in [5.41, 5.74) is 2.90. The first kappa shape index (κ1) is 18.1. The number of amides is 1. The van der Waals surface area contributed by atoms with E-state index in [4.69, 9.17) is 21.1 Å². The molecule has 0 spiro atoms. The van der Waals surface area contributed by atoms with Gasteiger partial charge < -0.3 is 14.8 Å². The number of methoxy groups -OCH3 is 1. The molecule has 0 atom stereocenters. The third-order valence-corrected chi connectivity index (χ3v) is 4.03. The fourth-order valence-corrected chi connectivity index (χ4v) is 2.46. The summed E-state index contributed by atoms with van der Waals surface area (Å²) in [6.07, 6.45) is 0.989. The molecule has 0 aliphatic rings. The van der Waals surface area contributed by atoms with E-state index in [0.717, 1.165) is 11.3 Å². The van der Waals surface area contributed by atoms with Crippen molar-refractivity contribution in [3.8, 4) is 11.5 Å². The monoisotopic (exact) mass is 347 g/mol. The summed E-state index contributed by atoms with van der Waals surface area (Å²) in [4.78, 5) is 12.1. The largest absolute Gasteiger partial charge is 0.495 e. The molecular weight excluding hydrogens is 326 g/mol. The number of carbonyl (C=O) groups is 1. The molecule has 0 radical (unpaired) electrons. The Kier molecular flexibility index (Phi) is 6.50. The first-order valence-corrected chi connectivity index (χ1v) is 8.21. The minimum Gasteiger partial charge on any atom is -0.495 e. The van der Waals surface area contributed by atoms with Crippen LogP contribution >= 0.6 is 11.6 Å². The van der Waals surface area contributed by atoms with E-state index in [1.54, 1.807) is 25.3 Å². The Balaban J connectivity index is 1.82. The van der Waals surface area contributed by atoms with Gasteiger partial charge in [-0.05, 0) is 55.7 Å². The van der Waals surface area contributed by atoms with Crippen LogP contribution < -0.4 is 14.8 Å². The Bertz CT molecular complexity index is 716. The number of ether oxygens (including phenoxy) is 2. The Labute approximate surface area is 147 Å². The van der Waals surface area contributed by atoms with E-state index in [9.17, 15) is 4.79 Å². The number of anilines is 1. The van der Waals surface area contributed by atoms with Crippen LogP contribution in [-0.2, 0) is 4.79 Å². The fraction of sp³-hybridized carbons (Fsp3) is 0.316. The maximum atomic E-state index is 12.1. The highest BCUT2D eigenvalue weighted by atomic mass is 35.5. The second-order valence-electron chi connectivity index (χ2n) is 5.54. The van der Waals surface area contributed by atoms with Gasteiger partial charge in [0.1, 0.15) is 11.5 Å². The van der Waals surface area contributed by atoms with Crippen LogP contribution in [-0.4, -0.2) is 19.6 Å². The average molecular weight is 348 g/mol. The molecule has 4 nitrogen and oxygen atoms in total. The van der Waals surface area contributed by atoms with Crippen molar-refractivity contribution in [2.45, 2.75) is 26.7 Å². The third-order valence-electron chi connectivity index (χ3n) is 3.80. The number of rotatable bonds is 7. The third kappa shape index (κ3) is 4.90. The lowest BCUT2D eigenvalue weighted by Gasteiger charge is -2.12. The summed E-state index contributed by atoms with van der Waals surface area (Å²) in [5, 5.41) is 3.36. The Morgan fingerprint density at radius 3 is 2.71 bits per heavy atom. The molecule has 0 unspecified atom stereocenters. The summed E-state index contributed by atoms with van der Waals surface area (Å²) in [5.74, 6) is 1.35. The molecule has 0 aromatic heterocycles. The van der Waals surface area contributed by atoms with Crippen molar-refractivity contribution in [1.82, 2.24) is 0 Å². The normalized spacial score (nSPS) is 10.3. The van der Waals surface area contributed by atoms with E-state index in [2.05, 4.69) is 5.32 Å². The van der Waals surface area contributed by atoms with E-state index in [-0.39, 0.29) is 5.91 Å². The zero-order valence-electron chi connectivity index (χ0n) is 14.2. The van der Waals surface area contributed by atoms with E-state index in [0.29, 0.717) is 35.9 Å². The lowest BCUT2D eigenvalue weighted by Crippen LogP contribution is -2.13. The van der Waals surface area contributed by atoms with Gasteiger partial charge in [0.25, 0.3) is 0 Å². The summed E-state index contributed by atoms with van der Waals surface area (Å²) in [7, 11) is 1.55. The zero-order valence-corrected chi connectivity index (χ0v) is 14.9. The zero-order chi connectivity index (χ0) is 17.5. The lowest BCUT2D eigenvalue weighted by molar-refractivity contribution is -0.116. The van der Waals surface area contributed by atoms with Gasteiger partial charge in [0.15, 0.2) is 0 Å². The minimum atomic E-state index is -0.0971. The van der Waals surface area contributed by atoms with Gasteiger partial charge in [-0.3, -0.25) is 4.79 Å². The molecular formula is C19H22ClNO3.